The number of rotatable bonds is 3. The fraction of sp³-hybridized carbons (Fsp3) is 0.167. The van der Waals surface area contributed by atoms with Crippen LogP contribution in [0.2, 0.25) is 0 Å². The molecule has 10 heteroatoms. The van der Waals surface area contributed by atoms with Gasteiger partial charge in [0.05, 0.1) is 5.69 Å². The highest BCUT2D eigenvalue weighted by atomic mass is 32.2. The van der Waals surface area contributed by atoms with Crippen molar-refractivity contribution in [3.63, 3.8) is 0 Å². The Labute approximate surface area is 99.4 Å². The normalized spacial score (nSPS) is 11.6. The number of hydrogen-bond acceptors (Lipinski definition) is 8. The van der Waals surface area contributed by atoms with Gasteiger partial charge in [0.25, 0.3) is 10.0 Å². The van der Waals surface area contributed by atoms with Gasteiger partial charge < -0.3 is 5.73 Å². The van der Waals surface area contributed by atoms with E-state index in [0.717, 1.165) is 22.7 Å². The fourth-order valence-corrected chi connectivity index (χ4v) is 4.02. The van der Waals surface area contributed by atoms with Crippen LogP contribution < -0.4 is 10.5 Å². The largest absolute Gasteiger partial charge is 0.375 e. The lowest BCUT2D eigenvalue weighted by Gasteiger charge is -2.01. The van der Waals surface area contributed by atoms with Gasteiger partial charge in [0, 0.05) is 0 Å². The number of aryl methyl sites for hydroxylation is 1. The molecule has 0 bridgehead atoms. The predicted molar refractivity (Wildman–Crippen MR) is 62.0 cm³/mol. The lowest BCUT2D eigenvalue weighted by atomic mass is 10.6. The molecular formula is C6H7N5O2S3. The lowest BCUT2D eigenvalue weighted by molar-refractivity contribution is 0.602. The topological polar surface area (TPSA) is 111 Å². The van der Waals surface area contributed by atoms with Crippen molar-refractivity contribution in [3.05, 3.63) is 11.2 Å². The van der Waals surface area contributed by atoms with Crippen LogP contribution in [-0.4, -0.2) is 23.6 Å². The van der Waals surface area contributed by atoms with E-state index >= 15 is 0 Å². The second-order valence-electron chi connectivity index (χ2n) is 2.77. The van der Waals surface area contributed by atoms with E-state index in [9.17, 15) is 8.42 Å². The number of nitrogens with zero attached hydrogens (tertiary/aromatic N) is 3. The van der Waals surface area contributed by atoms with Crippen molar-refractivity contribution >= 4 is 43.0 Å². The molecule has 2 rings (SSSR count). The van der Waals surface area contributed by atoms with Crippen LogP contribution in [0.5, 0.6) is 0 Å². The van der Waals surface area contributed by atoms with Crippen LogP contribution in [-0.2, 0) is 10.0 Å². The van der Waals surface area contributed by atoms with Crippen LogP contribution in [0.1, 0.15) is 5.69 Å². The second kappa shape index (κ2) is 3.96. The first kappa shape index (κ1) is 11.2. The van der Waals surface area contributed by atoms with Crippen molar-refractivity contribution in [2.45, 2.75) is 11.1 Å². The molecule has 86 valence electrons. The number of sulfonamides is 1. The Bertz CT molecular complexity index is 588. The highest BCUT2D eigenvalue weighted by molar-refractivity contribution is 7.95. The number of nitrogens with two attached hydrogens (primary N) is 1. The van der Waals surface area contributed by atoms with Crippen LogP contribution in [0.25, 0.3) is 0 Å². The molecule has 0 saturated heterocycles. The molecule has 16 heavy (non-hydrogen) atoms. The molecule has 0 aliphatic heterocycles. The number of thiazole rings is 1. The molecule has 0 aliphatic rings. The molecule has 7 nitrogen and oxygen atoms in total. The Morgan fingerprint density at radius 3 is 2.75 bits per heavy atom. The summed E-state index contributed by atoms with van der Waals surface area (Å²) >= 11 is 2.01. The summed E-state index contributed by atoms with van der Waals surface area (Å²) in [6.07, 6.45) is 0. The van der Waals surface area contributed by atoms with Gasteiger partial charge in [0.2, 0.25) is 5.13 Å². The van der Waals surface area contributed by atoms with E-state index < -0.39 is 10.0 Å². The minimum absolute atomic E-state index is 0.0974. The van der Waals surface area contributed by atoms with Crippen LogP contribution in [0.4, 0.5) is 10.3 Å². The molecule has 0 aliphatic carbocycles. The predicted octanol–water partition coefficient (Wildman–Crippen LogP) is 0.686. The average molecular weight is 277 g/mol. The molecule has 0 saturated carbocycles. The average Bonchev–Trinajstić information content (AvgIpc) is 2.75. The first-order valence-corrected chi connectivity index (χ1v) is 7.19. The molecule has 0 atom stereocenters. The lowest BCUT2D eigenvalue weighted by Crippen LogP contribution is -2.12. The molecule has 3 N–H and O–H groups in total. The van der Waals surface area contributed by atoms with Crippen molar-refractivity contribution in [1.82, 2.24) is 15.2 Å². The Morgan fingerprint density at radius 1 is 1.50 bits per heavy atom. The highest BCUT2D eigenvalue weighted by Gasteiger charge is 2.22. The van der Waals surface area contributed by atoms with E-state index in [1.54, 1.807) is 6.92 Å². The van der Waals surface area contributed by atoms with Gasteiger partial charge in [-0.1, -0.05) is 22.7 Å². The van der Waals surface area contributed by atoms with Gasteiger partial charge in [0.1, 0.15) is 5.51 Å². The van der Waals surface area contributed by atoms with Gasteiger partial charge in [0.15, 0.2) is 9.34 Å². The molecule has 0 aromatic carbocycles. The monoisotopic (exact) mass is 277 g/mol. The van der Waals surface area contributed by atoms with Gasteiger partial charge in [-0.3, -0.25) is 4.72 Å². The van der Waals surface area contributed by atoms with Crippen molar-refractivity contribution < 1.29 is 8.42 Å². The van der Waals surface area contributed by atoms with Crippen LogP contribution in [0.15, 0.2) is 9.72 Å². The van der Waals surface area contributed by atoms with Crippen molar-refractivity contribution in [1.29, 1.82) is 0 Å². The summed E-state index contributed by atoms with van der Waals surface area (Å²) in [6.45, 7) is 1.58. The summed E-state index contributed by atoms with van der Waals surface area (Å²) in [6, 6.07) is 0. The summed E-state index contributed by atoms with van der Waals surface area (Å²) < 4.78 is 26.2. The molecule has 2 aromatic heterocycles. The first-order chi connectivity index (χ1) is 7.49. The highest BCUT2D eigenvalue weighted by Crippen LogP contribution is 2.26. The fourth-order valence-electron chi connectivity index (χ4n) is 1.03. The smallest absolute Gasteiger partial charge is 0.275 e. The molecule has 0 unspecified atom stereocenters. The SMILES string of the molecule is Cc1nc(N)sc1S(=O)(=O)Nc1nncs1. The van der Waals surface area contributed by atoms with Gasteiger partial charge in [-0.2, -0.15) is 0 Å². The summed E-state index contributed by atoms with van der Waals surface area (Å²) in [5.74, 6) is 0. The summed E-state index contributed by atoms with van der Waals surface area (Å²) in [4.78, 5) is 3.85. The van der Waals surface area contributed by atoms with E-state index in [-0.39, 0.29) is 14.5 Å². The zero-order valence-corrected chi connectivity index (χ0v) is 10.5. The number of nitrogen functional groups attached to an aromatic ring is 1. The molecule has 2 aromatic rings. The van der Waals surface area contributed by atoms with Crippen LogP contribution in [0, 0.1) is 6.92 Å². The third-order valence-electron chi connectivity index (χ3n) is 1.60. The van der Waals surface area contributed by atoms with Gasteiger partial charge in [-0.25, -0.2) is 13.4 Å². The molecule has 0 amide bonds. The minimum atomic E-state index is -3.66. The van der Waals surface area contributed by atoms with E-state index in [1.165, 1.54) is 5.51 Å². The zero-order valence-electron chi connectivity index (χ0n) is 8.04. The molecule has 0 radical (unpaired) electrons. The maximum Gasteiger partial charge on any atom is 0.275 e. The third-order valence-corrected chi connectivity index (χ3v) is 5.27. The maximum absolute atomic E-state index is 11.9. The van der Waals surface area contributed by atoms with Gasteiger partial charge >= 0.3 is 0 Å². The summed E-state index contributed by atoms with van der Waals surface area (Å²) in [5.41, 5.74) is 7.25. The molecule has 0 fully saturated rings. The maximum atomic E-state index is 11.9. The van der Waals surface area contributed by atoms with E-state index in [4.69, 9.17) is 5.73 Å². The van der Waals surface area contributed by atoms with Gasteiger partial charge in [-0.05, 0) is 6.92 Å². The third kappa shape index (κ3) is 2.13. The van der Waals surface area contributed by atoms with Crippen molar-refractivity contribution in [2.24, 2.45) is 0 Å². The number of aromatic nitrogens is 3. The second-order valence-corrected chi connectivity index (χ2v) is 6.52. The number of anilines is 2. The Morgan fingerprint density at radius 2 is 2.25 bits per heavy atom. The number of hydrogen-bond donors (Lipinski definition) is 2. The van der Waals surface area contributed by atoms with Crippen LogP contribution in [0.3, 0.4) is 0 Å². The molecular weight excluding hydrogens is 270 g/mol. The van der Waals surface area contributed by atoms with Crippen molar-refractivity contribution in [3.8, 4) is 0 Å². The van der Waals surface area contributed by atoms with Crippen LogP contribution >= 0.6 is 22.7 Å². The number of nitrogens with one attached hydrogen (secondary N) is 1. The van der Waals surface area contributed by atoms with Crippen molar-refractivity contribution in [2.75, 3.05) is 10.5 Å². The first-order valence-electron chi connectivity index (χ1n) is 4.01. The summed E-state index contributed by atoms with van der Waals surface area (Å²) in [5, 5.41) is 7.56. The minimum Gasteiger partial charge on any atom is -0.375 e. The Balaban J connectivity index is 2.36. The summed E-state index contributed by atoms with van der Waals surface area (Å²) in [7, 11) is -3.66. The Kier molecular flexibility index (Phi) is 2.78. The zero-order chi connectivity index (χ0) is 11.8. The van der Waals surface area contributed by atoms with E-state index in [1.807, 2.05) is 0 Å². The molecule has 2 heterocycles. The van der Waals surface area contributed by atoms with E-state index in [2.05, 4.69) is 19.9 Å². The standard InChI is InChI=1S/C6H7N5O2S3/c1-3-4(15-5(7)9-3)16(12,13)11-6-10-8-2-14-6/h2H,1H3,(H2,7,9)(H,10,11). The van der Waals surface area contributed by atoms with Gasteiger partial charge in [-0.15, -0.1) is 10.2 Å². The quantitative estimate of drug-likeness (QED) is 0.853. The Hall–Kier alpha value is -1.26. The van der Waals surface area contributed by atoms with E-state index in [0.29, 0.717) is 5.69 Å². The molecule has 0 spiro atoms.